The Hall–Kier alpha value is -3.30. The van der Waals surface area contributed by atoms with Gasteiger partial charge in [-0.05, 0) is 25.3 Å². The standard InChI is InChI=1S/C18H21N9O/c28-13-3-1-8-26(13)9-10-27-11-21-14-15(22-12-4-5-12)23-18(24-16(14)27)25-17-19-6-2-7-20-17/h2,6-7,11-12H,1,3-5,8-10H2,(H2,19,20,22,23,24,25). The summed E-state index contributed by atoms with van der Waals surface area (Å²) in [6.07, 6.45) is 8.94. The van der Waals surface area contributed by atoms with Gasteiger partial charge in [0.2, 0.25) is 17.8 Å². The van der Waals surface area contributed by atoms with Crippen LogP contribution < -0.4 is 10.6 Å². The first kappa shape index (κ1) is 16.8. The topological polar surface area (TPSA) is 114 Å². The first-order valence-electron chi connectivity index (χ1n) is 9.57. The van der Waals surface area contributed by atoms with Crippen LogP contribution in [0.1, 0.15) is 25.7 Å². The third-order valence-corrected chi connectivity index (χ3v) is 4.95. The maximum atomic E-state index is 11.9. The number of carbonyl (C=O) groups is 1. The molecule has 3 aromatic rings. The van der Waals surface area contributed by atoms with Gasteiger partial charge in [-0.2, -0.15) is 9.97 Å². The van der Waals surface area contributed by atoms with Crippen molar-refractivity contribution in [1.29, 1.82) is 0 Å². The van der Waals surface area contributed by atoms with E-state index >= 15 is 0 Å². The van der Waals surface area contributed by atoms with Crippen LogP contribution in [0.5, 0.6) is 0 Å². The number of nitrogens with zero attached hydrogens (tertiary/aromatic N) is 7. The molecule has 1 saturated carbocycles. The summed E-state index contributed by atoms with van der Waals surface area (Å²) in [5.41, 5.74) is 1.46. The summed E-state index contributed by atoms with van der Waals surface area (Å²) in [6.45, 7) is 2.13. The summed E-state index contributed by atoms with van der Waals surface area (Å²) in [4.78, 5) is 35.9. The second-order valence-electron chi connectivity index (χ2n) is 7.11. The minimum absolute atomic E-state index is 0.221. The first-order valence-corrected chi connectivity index (χ1v) is 9.57. The number of rotatable bonds is 7. The zero-order valence-corrected chi connectivity index (χ0v) is 15.4. The number of nitrogens with one attached hydrogen (secondary N) is 2. The third kappa shape index (κ3) is 3.45. The number of hydrogen-bond donors (Lipinski definition) is 2. The summed E-state index contributed by atoms with van der Waals surface area (Å²) >= 11 is 0. The maximum absolute atomic E-state index is 11.9. The number of fused-ring (bicyclic) bond motifs is 1. The second kappa shape index (κ2) is 7.02. The number of aromatic nitrogens is 6. The highest BCUT2D eigenvalue weighted by molar-refractivity contribution is 5.85. The van der Waals surface area contributed by atoms with Crippen LogP contribution in [0.4, 0.5) is 17.7 Å². The van der Waals surface area contributed by atoms with Crippen molar-refractivity contribution < 1.29 is 4.79 Å². The van der Waals surface area contributed by atoms with Crippen molar-refractivity contribution in [3.05, 3.63) is 24.8 Å². The van der Waals surface area contributed by atoms with Crippen LogP contribution in [0.25, 0.3) is 11.2 Å². The monoisotopic (exact) mass is 379 g/mol. The maximum Gasteiger partial charge on any atom is 0.233 e. The Morgan fingerprint density at radius 2 is 1.93 bits per heavy atom. The molecule has 0 atom stereocenters. The number of likely N-dealkylation sites (tertiary alicyclic amines) is 1. The van der Waals surface area contributed by atoms with Crippen molar-refractivity contribution in [2.45, 2.75) is 38.3 Å². The molecule has 1 aliphatic carbocycles. The Labute approximate surface area is 161 Å². The van der Waals surface area contributed by atoms with Gasteiger partial charge in [-0.25, -0.2) is 15.0 Å². The molecule has 10 heteroatoms. The van der Waals surface area contributed by atoms with Crippen molar-refractivity contribution in [1.82, 2.24) is 34.4 Å². The molecule has 1 saturated heterocycles. The van der Waals surface area contributed by atoms with Crippen LogP contribution in [-0.4, -0.2) is 59.4 Å². The minimum Gasteiger partial charge on any atom is -0.365 e. The molecule has 3 aromatic heterocycles. The number of hydrogen-bond acceptors (Lipinski definition) is 8. The van der Waals surface area contributed by atoms with Crippen LogP contribution in [0, 0.1) is 0 Å². The highest BCUT2D eigenvalue weighted by atomic mass is 16.2. The lowest BCUT2D eigenvalue weighted by molar-refractivity contribution is -0.127. The van der Waals surface area contributed by atoms with E-state index in [9.17, 15) is 4.79 Å². The van der Waals surface area contributed by atoms with Gasteiger partial charge in [0.1, 0.15) is 0 Å². The van der Waals surface area contributed by atoms with Crippen LogP contribution in [-0.2, 0) is 11.3 Å². The van der Waals surface area contributed by atoms with E-state index in [0.717, 1.165) is 37.0 Å². The predicted octanol–water partition coefficient (Wildman–Crippen LogP) is 1.56. The van der Waals surface area contributed by atoms with Gasteiger partial charge >= 0.3 is 0 Å². The Morgan fingerprint density at radius 1 is 1.07 bits per heavy atom. The van der Waals surface area contributed by atoms with Crippen LogP contribution in [0.3, 0.4) is 0 Å². The highest BCUT2D eigenvalue weighted by Gasteiger charge is 2.25. The number of amides is 1. The molecule has 0 radical (unpaired) electrons. The number of anilines is 3. The van der Waals surface area contributed by atoms with Crippen LogP contribution >= 0.6 is 0 Å². The lowest BCUT2D eigenvalue weighted by atomic mass is 10.4. The Bertz CT molecular complexity index is 999. The molecule has 1 aliphatic heterocycles. The zero-order valence-electron chi connectivity index (χ0n) is 15.4. The van der Waals surface area contributed by atoms with Crippen molar-refractivity contribution in [3.8, 4) is 0 Å². The zero-order chi connectivity index (χ0) is 18.9. The fourth-order valence-corrected chi connectivity index (χ4v) is 3.32. The van der Waals surface area contributed by atoms with Crippen molar-refractivity contribution in [3.63, 3.8) is 0 Å². The molecule has 28 heavy (non-hydrogen) atoms. The van der Waals surface area contributed by atoms with E-state index < -0.39 is 0 Å². The van der Waals surface area contributed by atoms with E-state index in [-0.39, 0.29) is 5.91 Å². The Kier molecular flexibility index (Phi) is 4.22. The molecule has 0 spiro atoms. The lowest BCUT2D eigenvalue weighted by Crippen LogP contribution is -2.28. The Morgan fingerprint density at radius 3 is 2.68 bits per heavy atom. The predicted molar refractivity (Wildman–Crippen MR) is 103 cm³/mol. The van der Waals surface area contributed by atoms with Gasteiger partial charge < -0.3 is 14.8 Å². The molecule has 0 aromatic carbocycles. The molecule has 2 aliphatic rings. The van der Waals surface area contributed by atoms with Crippen LogP contribution in [0.2, 0.25) is 0 Å². The van der Waals surface area contributed by atoms with E-state index in [2.05, 4.69) is 35.6 Å². The molecular formula is C18H21N9O. The number of carbonyl (C=O) groups excluding carboxylic acids is 1. The van der Waals surface area contributed by atoms with Gasteiger partial charge in [-0.15, -0.1) is 0 Å². The van der Waals surface area contributed by atoms with Gasteiger partial charge in [0.05, 0.1) is 6.33 Å². The molecule has 10 nitrogen and oxygen atoms in total. The molecule has 144 valence electrons. The molecule has 1 amide bonds. The highest BCUT2D eigenvalue weighted by Crippen LogP contribution is 2.28. The van der Waals surface area contributed by atoms with Gasteiger partial charge in [0.25, 0.3) is 0 Å². The molecule has 0 bridgehead atoms. The normalized spacial score (nSPS) is 16.7. The summed E-state index contributed by atoms with van der Waals surface area (Å²) in [7, 11) is 0. The van der Waals surface area contributed by atoms with Gasteiger partial charge in [0, 0.05) is 44.5 Å². The summed E-state index contributed by atoms with van der Waals surface area (Å²) in [5.74, 6) is 1.79. The molecule has 5 rings (SSSR count). The van der Waals surface area contributed by atoms with Gasteiger partial charge in [0.15, 0.2) is 17.0 Å². The SMILES string of the molecule is O=C1CCCN1CCn1cnc2c(NC3CC3)nc(Nc3ncccn3)nc21. The Balaban J connectivity index is 1.45. The summed E-state index contributed by atoms with van der Waals surface area (Å²) in [5, 5.41) is 6.49. The van der Waals surface area contributed by atoms with E-state index in [0.29, 0.717) is 43.3 Å². The molecule has 0 unspecified atom stereocenters. The third-order valence-electron chi connectivity index (χ3n) is 4.95. The second-order valence-corrected chi connectivity index (χ2v) is 7.11. The first-order chi connectivity index (χ1) is 13.8. The quantitative estimate of drug-likeness (QED) is 0.636. The van der Waals surface area contributed by atoms with Crippen molar-refractivity contribution >= 4 is 34.8 Å². The van der Waals surface area contributed by atoms with Crippen molar-refractivity contribution in [2.75, 3.05) is 23.7 Å². The van der Waals surface area contributed by atoms with Crippen LogP contribution in [0.15, 0.2) is 24.8 Å². The summed E-state index contributed by atoms with van der Waals surface area (Å²) < 4.78 is 1.97. The van der Waals surface area contributed by atoms with E-state index in [1.54, 1.807) is 24.8 Å². The average molecular weight is 379 g/mol. The van der Waals surface area contributed by atoms with E-state index in [4.69, 9.17) is 0 Å². The van der Waals surface area contributed by atoms with Gasteiger partial charge in [-0.1, -0.05) is 0 Å². The minimum atomic E-state index is 0.221. The average Bonchev–Trinajstić information content (AvgIpc) is 3.28. The van der Waals surface area contributed by atoms with Gasteiger partial charge in [-0.3, -0.25) is 10.1 Å². The van der Waals surface area contributed by atoms with Crippen molar-refractivity contribution in [2.24, 2.45) is 0 Å². The largest absolute Gasteiger partial charge is 0.365 e. The fourth-order valence-electron chi connectivity index (χ4n) is 3.32. The molecule has 4 heterocycles. The number of imidazole rings is 1. The fraction of sp³-hybridized carbons (Fsp3) is 0.444. The lowest BCUT2D eigenvalue weighted by Gasteiger charge is -2.16. The summed E-state index contributed by atoms with van der Waals surface area (Å²) in [6, 6.07) is 2.19. The van der Waals surface area contributed by atoms with E-state index in [1.165, 1.54) is 0 Å². The molecule has 2 N–H and O–H groups in total. The molecule has 2 fully saturated rings. The smallest absolute Gasteiger partial charge is 0.233 e. The van der Waals surface area contributed by atoms with E-state index in [1.807, 2.05) is 9.47 Å². The molecular weight excluding hydrogens is 358 g/mol.